The number of carbonyl (C=O) groups is 1. The van der Waals surface area contributed by atoms with Gasteiger partial charge >= 0.3 is 0 Å². The Kier molecular flexibility index (Phi) is 4.93. The second-order valence-corrected chi connectivity index (χ2v) is 5.78. The lowest BCUT2D eigenvalue weighted by Gasteiger charge is -2.25. The normalized spacial score (nSPS) is 16.6. The van der Waals surface area contributed by atoms with Crippen molar-refractivity contribution in [3.63, 3.8) is 0 Å². The van der Waals surface area contributed by atoms with Crippen molar-refractivity contribution in [1.82, 2.24) is 5.32 Å². The average Bonchev–Trinajstić information content (AvgIpc) is 2.55. The molecule has 2 aromatic rings. The summed E-state index contributed by atoms with van der Waals surface area (Å²) in [5.74, 6) is 0.243. The number of phenols is 1. The number of hydrogen-bond acceptors (Lipinski definition) is 3. The number of nitrogens with one attached hydrogen (secondary N) is 1. The minimum Gasteiger partial charge on any atom is -0.508 e. The number of hydrogen-bond donors (Lipinski definition) is 2. The van der Waals surface area contributed by atoms with E-state index >= 15 is 0 Å². The largest absolute Gasteiger partial charge is 0.508 e. The first-order chi connectivity index (χ1) is 11.2. The van der Waals surface area contributed by atoms with E-state index in [0.29, 0.717) is 26.0 Å². The summed E-state index contributed by atoms with van der Waals surface area (Å²) in [6.07, 6.45) is 1.80. The van der Waals surface area contributed by atoms with E-state index in [1.54, 1.807) is 18.2 Å². The molecule has 23 heavy (non-hydrogen) atoms. The molecule has 1 atom stereocenters. The number of rotatable bonds is 5. The lowest BCUT2D eigenvalue weighted by Crippen LogP contribution is -2.29. The van der Waals surface area contributed by atoms with Crippen molar-refractivity contribution >= 4 is 5.91 Å². The summed E-state index contributed by atoms with van der Waals surface area (Å²) in [6.45, 7) is 1.22. The second kappa shape index (κ2) is 7.29. The number of aromatic hydroxyl groups is 1. The van der Waals surface area contributed by atoms with Crippen LogP contribution in [0.2, 0.25) is 0 Å². The molecule has 0 unspecified atom stereocenters. The van der Waals surface area contributed by atoms with Crippen molar-refractivity contribution in [3.05, 3.63) is 65.2 Å². The number of amides is 1. The lowest BCUT2D eigenvalue weighted by atomic mass is 9.95. The quantitative estimate of drug-likeness (QED) is 0.892. The first-order valence-electron chi connectivity index (χ1n) is 7.96. The van der Waals surface area contributed by atoms with E-state index in [9.17, 15) is 9.90 Å². The summed E-state index contributed by atoms with van der Waals surface area (Å²) in [5.41, 5.74) is 3.41. The van der Waals surface area contributed by atoms with E-state index in [1.807, 2.05) is 24.3 Å². The van der Waals surface area contributed by atoms with Crippen LogP contribution in [0.3, 0.4) is 0 Å². The van der Waals surface area contributed by atoms with Crippen LogP contribution in [-0.2, 0) is 22.4 Å². The molecule has 4 nitrogen and oxygen atoms in total. The number of fused-ring (bicyclic) bond motifs is 1. The van der Waals surface area contributed by atoms with E-state index < -0.39 is 0 Å². The van der Waals surface area contributed by atoms with Crippen molar-refractivity contribution < 1.29 is 14.6 Å². The van der Waals surface area contributed by atoms with Crippen molar-refractivity contribution in [1.29, 1.82) is 0 Å². The zero-order valence-corrected chi connectivity index (χ0v) is 13.0. The molecule has 0 saturated carbocycles. The monoisotopic (exact) mass is 311 g/mol. The second-order valence-electron chi connectivity index (χ2n) is 5.78. The Hall–Kier alpha value is -2.33. The Morgan fingerprint density at radius 2 is 2.09 bits per heavy atom. The molecule has 0 aliphatic carbocycles. The van der Waals surface area contributed by atoms with Crippen LogP contribution in [0.4, 0.5) is 0 Å². The average molecular weight is 311 g/mol. The van der Waals surface area contributed by atoms with Crippen LogP contribution in [0.5, 0.6) is 5.75 Å². The third-order valence-electron chi connectivity index (χ3n) is 4.11. The molecule has 0 bridgehead atoms. The molecule has 0 aromatic heterocycles. The van der Waals surface area contributed by atoms with Gasteiger partial charge in [0.15, 0.2) is 0 Å². The molecule has 0 spiro atoms. The SMILES string of the molecule is O=C(C[C@H]1OCCc2ccccc21)NCCc1cccc(O)c1. The van der Waals surface area contributed by atoms with E-state index in [-0.39, 0.29) is 17.8 Å². The van der Waals surface area contributed by atoms with E-state index in [0.717, 1.165) is 17.5 Å². The van der Waals surface area contributed by atoms with Crippen LogP contribution in [0, 0.1) is 0 Å². The molecule has 2 aromatic carbocycles. The van der Waals surface area contributed by atoms with Gasteiger partial charge in [0.1, 0.15) is 5.75 Å². The molecule has 3 rings (SSSR count). The van der Waals surface area contributed by atoms with Gasteiger partial charge in [0, 0.05) is 6.54 Å². The number of phenolic OH excluding ortho intramolecular Hbond substituents is 1. The number of benzene rings is 2. The van der Waals surface area contributed by atoms with Gasteiger partial charge in [0.05, 0.1) is 19.1 Å². The number of carbonyl (C=O) groups excluding carboxylic acids is 1. The third-order valence-corrected chi connectivity index (χ3v) is 4.11. The third kappa shape index (κ3) is 4.11. The van der Waals surface area contributed by atoms with Crippen molar-refractivity contribution in [2.45, 2.75) is 25.4 Å². The molecular weight excluding hydrogens is 290 g/mol. The smallest absolute Gasteiger partial charge is 0.222 e. The molecule has 4 heteroatoms. The zero-order chi connectivity index (χ0) is 16.1. The molecule has 0 radical (unpaired) electrons. The summed E-state index contributed by atoms with van der Waals surface area (Å²) in [4.78, 5) is 12.1. The molecule has 1 amide bonds. The van der Waals surface area contributed by atoms with Gasteiger partial charge < -0.3 is 15.2 Å². The molecule has 1 heterocycles. The molecule has 0 saturated heterocycles. The van der Waals surface area contributed by atoms with Gasteiger partial charge in [-0.05, 0) is 41.7 Å². The standard InChI is InChI=1S/C19H21NO3/c21-16-6-3-4-14(12-16)8-10-20-19(22)13-18-17-7-2-1-5-15(17)9-11-23-18/h1-7,12,18,21H,8-11,13H2,(H,20,22)/t18-/m1/s1. The Balaban J connectivity index is 1.50. The van der Waals surface area contributed by atoms with Gasteiger partial charge in [-0.2, -0.15) is 0 Å². The van der Waals surface area contributed by atoms with Gasteiger partial charge in [-0.1, -0.05) is 36.4 Å². The predicted octanol–water partition coefficient (Wildman–Crippen LogP) is 2.76. The summed E-state index contributed by atoms with van der Waals surface area (Å²) < 4.78 is 5.76. The predicted molar refractivity (Wildman–Crippen MR) is 88.3 cm³/mol. The Bertz CT molecular complexity index is 684. The molecule has 120 valence electrons. The minimum atomic E-state index is -0.152. The topological polar surface area (TPSA) is 58.6 Å². The maximum absolute atomic E-state index is 12.1. The van der Waals surface area contributed by atoms with Crippen molar-refractivity contribution in [2.24, 2.45) is 0 Å². The maximum Gasteiger partial charge on any atom is 0.222 e. The first kappa shape index (κ1) is 15.6. The van der Waals surface area contributed by atoms with Crippen LogP contribution >= 0.6 is 0 Å². The van der Waals surface area contributed by atoms with Gasteiger partial charge in [0.25, 0.3) is 0 Å². The molecule has 2 N–H and O–H groups in total. The van der Waals surface area contributed by atoms with Gasteiger partial charge in [-0.15, -0.1) is 0 Å². The molecular formula is C19H21NO3. The maximum atomic E-state index is 12.1. The fourth-order valence-corrected chi connectivity index (χ4v) is 2.94. The summed E-state index contributed by atoms with van der Waals surface area (Å²) >= 11 is 0. The highest BCUT2D eigenvalue weighted by Crippen LogP contribution is 2.29. The van der Waals surface area contributed by atoms with Gasteiger partial charge in [0.2, 0.25) is 5.91 Å². The van der Waals surface area contributed by atoms with Gasteiger partial charge in [-0.3, -0.25) is 4.79 Å². The Morgan fingerprint density at radius 3 is 2.96 bits per heavy atom. The fraction of sp³-hybridized carbons (Fsp3) is 0.316. The Morgan fingerprint density at radius 1 is 1.22 bits per heavy atom. The summed E-state index contributed by atoms with van der Waals surface area (Å²) in [7, 11) is 0. The zero-order valence-electron chi connectivity index (χ0n) is 13.0. The van der Waals surface area contributed by atoms with Crippen molar-refractivity contribution in [2.75, 3.05) is 13.2 Å². The minimum absolute atomic E-state index is 0.00754. The van der Waals surface area contributed by atoms with Crippen LogP contribution in [-0.4, -0.2) is 24.2 Å². The summed E-state index contributed by atoms with van der Waals surface area (Å²) in [5, 5.41) is 12.4. The van der Waals surface area contributed by atoms with Crippen LogP contribution in [0.1, 0.15) is 29.2 Å². The van der Waals surface area contributed by atoms with Crippen molar-refractivity contribution in [3.8, 4) is 5.75 Å². The number of ether oxygens (including phenoxy) is 1. The van der Waals surface area contributed by atoms with Crippen LogP contribution in [0.15, 0.2) is 48.5 Å². The molecule has 0 fully saturated rings. The van der Waals surface area contributed by atoms with Crippen LogP contribution < -0.4 is 5.32 Å². The highest BCUT2D eigenvalue weighted by Gasteiger charge is 2.22. The van der Waals surface area contributed by atoms with E-state index in [2.05, 4.69) is 11.4 Å². The van der Waals surface area contributed by atoms with Crippen LogP contribution in [0.25, 0.3) is 0 Å². The van der Waals surface area contributed by atoms with E-state index in [1.165, 1.54) is 5.56 Å². The lowest BCUT2D eigenvalue weighted by molar-refractivity contribution is -0.124. The first-order valence-corrected chi connectivity index (χ1v) is 7.96. The Labute approximate surface area is 136 Å². The van der Waals surface area contributed by atoms with E-state index in [4.69, 9.17) is 4.74 Å². The highest BCUT2D eigenvalue weighted by atomic mass is 16.5. The molecule has 1 aliphatic heterocycles. The van der Waals surface area contributed by atoms with Gasteiger partial charge in [-0.25, -0.2) is 0 Å². The fourth-order valence-electron chi connectivity index (χ4n) is 2.94. The molecule has 1 aliphatic rings. The highest BCUT2D eigenvalue weighted by molar-refractivity contribution is 5.76. The summed E-state index contributed by atoms with van der Waals surface area (Å²) in [6, 6.07) is 15.2.